The second-order valence-electron chi connectivity index (χ2n) is 5.67. The van der Waals surface area contributed by atoms with Crippen molar-refractivity contribution in [3.05, 3.63) is 53.1 Å². The predicted molar refractivity (Wildman–Crippen MR) is 91.2 cm³/mol. The minimum atomic E-state index is -0.277. The number of aromatic amines is 1. The third kappa shape index (κ3) is 2.86. The van der Waals surface area contributed by atoms with Crippen LogP contribution < -0.4 is 5.32 Å². The summed E-state index contributed by atoms with van der Waals surface area (Å²) in [6, 6.07) is 7.12. The molecule has 1 aromatic carbocycles. The molecular formula is C17H15ClN4O2. The van der Waals surface area contributed by atoms with Crippen molar-refractivity contribution in [1.29, 1.82) is 0 Å². The van der Waals surface area contributed by atoms with Crippen molar-refractivity contribution in [1.82, 2.24) is 15.0 Å². The predicted octanol–water partition coefficient (Wildman–Crippen LogP) is 3.72. The molecule has 6 nitrogen and oxygen atoms in total. The van der Waals surface area contributed by atoms with Gasteiger partial charge in [-0.15, -0.1) is 0 Å². The Morgan fingerprint density at radius 3 is 3.08 bits per heavy atom. The number of benzene rings is 1. The van der Waals surface area contributed by atoms with E-state index in [2.05, 4.69) is 20.3 Å². The summed E-state index contributed by atoms with van der Waals surface area (Å²) in [7, 11) is 0. The van der Waals surface area contributed by atoms with Gasteiger partial charge in [0.15, 0.2) is 0 Å². The number of nitrogens with one attached hydrogen (secondary N) is 2. The molecule has 1 amide bonds. The van der Waals surface area contributed by atoms with E-state index in [0.717, 1.165) is 36.3 Å². The van der Waals surface area contributed by atoms with Crippen molar-refractivity contribution in [2.24, 2.45) is 0 Å². The first-order chi connectivity index (χ1) is 11.7. The van der Waals surface area contributed by atoms with Crippen LogP contribution in [0, 0.1) is 0 Å². The molecule has 1 saturated heterocycles. The van der Waals surface area contributed by atoms with Crippen LogP contribution in [0.4, 0.5) is 5.69 Å². The molecule has 0 bridgehead atoms. The first-order valence-electron chi connectivity index (χ1n) is 7.73. The minimum Gasteiger partial charge on any atom is -0.370 e. The molecule has 7 heteroatoms. The number of halogens is 1. The third-order valence-electron chi connectivity index (χ3n) is 4.01. The number of carbonyl (C=O) groups excluding carboxylic acids is 1. The Morgan fingerprint density at radius 1 is 1.38 bits per heavy atom. The molecule has 4 rings (SSSR count). The topological polar surface area (TPSA) is 79.9 Å². The number of pyridine rings is 1. The number of imidazole rings is 1. The molecule has 122 valence electrons. The molecule has 3 heterocycles. The molecule has 0 spiro atoms. The Hall–Kier alpha value is -2.44. The van der Waals surface area contributed by atoms with Gasteiger partial charge in [0.2, 0.25) is 0 Å². The minimum absolute atomic E-state index is 0.0334. The van der Waals surface area contributed by atoms with E-state index in [4.69, 9.17) is 16.3 Å². The quantitative estimate of drug-likeness (QED) is 0.760. The maximum atomic E-state index is 12.3. The van der Waals surface area contributed by atoms with E-state index < -0.39 is 0 Å². The number of hydrogen-bond donors (Lipinski definition) is 2. The Balaban J connectivity index is 1.58. The molecule has 24 heavy (non-hydrogen) atoms. The first kappa shape index (κ1) is 15.1. The van der Waals surface area contributed by atoms with Gasteiger partial charge in [-0.05, 0) is 37.1 Å². The van der Waals surface area contributed by atoms with Crippen LogP contribution in [-0.2, 0) is 4.74 Å². The Morgan fingerprint density at radius 2 is 2.29 bits per heavy atom. The van der Waals surface area contributed by atoms with Crippen LogP contribution in [-0.4, -0.2) is 27.5 Å². The fourth-order valence-electron chi connectivity index (χ4n) is 2.81. The van der Waals surface area contributed by atoms with E-state index in [1.54, 1.807) is 6.07 Å². The fourth-order valence-corrected chi connectivity index (χ4v) is 3.02. The molecule has 0 radical (unpaired) electrons. The average molecular weight is 343 g/mol. The molecular weight excluding hydrogens is 328 g/mol. The van der Waals surface area contributed by atoms with E-state index in [1.165, 1.54) is 12.4 Å². The number of fused-ring (bicyclic) bond motifs is 1. The van der Waals surface area contributed by atoms with Gasteiger partial charge < -0.3 is 15.0 Å². The summed E-state index contributed by atoms with van der Waals surface area (Å²) in [5.74, 6) is 0.559. The molecule has 3 aromatic rings. The summed E-state index contributed by atoms with van der Waals surface area (Å²) >= 11 is 6.00. The highest BCUT2D eigenvalue weighted by Gasteiger charge is 2.21. The Kier molecular flexibility index (Phi) is 3.92. The molecule has 1 aliphatic heterocycles. The Bertz CT molecular complexity index is 902. The summed E-state index contributed by atoms with van der Waals surface area (Å²) in [6.07, 6.45) is 5.04. The van der Waals surface area contributed by atoms with Crippen molar-refractivity contribution in [3.8, 4) is 0 Å². The van der Waals surface area contributed by atoms with E-state index >= 15 is 0 Å². The molecule has 0 aliphatic carbocycles. The summed E-state index contributed by atoms with van der Waals surface area (Å²) in [5, 5.41) is 3.16. The van der Waals surface area contributed by atoms with Crippen LogP contribution >= 0.6 is 11.6 Å². The third-order valence-corrected chi connectivity index (χ3v) is 4.31. The molecule has 0 saturated carbocycles. The van der Waals surface area contributed by atoms with Gasteiger partial charge in [-0.2, -0.15) is 0 Å². The summed E-state index contributed by atoms with van der Waals surface area (Å²) in [5.41, 5.74) is 2.76. The number of ether oxygens (including phenoxy) is 1. The summed E-state index contributed by atoms with van der Waals surface area (Å²) in [6.45, 7) is 0.774. The van der Waals surface area contributed by atoms with Crippen molar-refractivity contribution < 1.29 is 9.53 Å². The second kappa shape index (κ2) is 6.22. The Labute approximate surface area is 143 Å². The maximum Gasteiger partial charge on any atom is 0.257 e. The highest BCUT2D eigenvalue weighted by atomic mass is 35.5. The van der Waals surface area contributed by atoms with Crippen molar-refractivity contribution in [2.75, 3.05) is 11.9 Å². The molecule has 2 aromatic heterocycles. The molecule has 1 fully saturated rings. The molecule has 1 unspecified atom stereocenters. The maximum absolute atomic E-state index is 12.3. The van der Waals surface area contributed by atoms with Crippen LogP contribution in [0.3, 0.4) is 0 Å². The van der Waals surface area contributed by atoms with Crippen LogP contribution in [0.15, 0.2) is 36.7 Å². The van der Waals surface area contributed by atoms with E-state index in [0.29, 0.717) is 16.3 Å². The first-order valence-corrected chi connectivity index (χ1v) is 8.10. The zero-order valence-corrected chi connectivity index (χ0v) is 13.5. The van der Waals surface area contributed by atoms with E-state index in [9.17, 15) is 4.79 Å². The number of hydrogen-bond acceptors (Lipinski definition) is 4. The lowest BCUT2D eigenvalue weighted by Crippen LogP contribution is -2.12. The van der Waals surface area contributed by atoms with Gasteiger partial charge in [0.05, 0.1) is 21.6 Å². The fraction of sp³-hybridized carbons (Fsp3) is 0.235. The van der Waals surface area contributed by atoms with Gasteiger partial charge in [0.25, 0.3) is 5.91 Å². The molecule has 2 N–H and O–H groups in total. The van der Waals surface area contributed by atoms with Gasteiger partial charge in [0.1, 0.15) is 11.9 Å². The summed E-state index contributed by atoms with van der Waals surface area (Å²) in [4.78, 5) is 24.0. The number of carbonyl (C=O) groups is 1. The SMILES string of the molecule is O=C(Nc1ccc2nc(C3CCCO3)[nH]c2c1)c1ccncc1Cl. The standard InChI is InChI=1S/C17H15ClN4O2/c18-12-9-19-6-5-11(12)17(23)20-10-3-4-13-14(8-10)22-16(21-13)15-2-1-7-24-15/h3-6,8-9,15H,1-2,7H2,(H,20,23)(H,21,22). The normalized spacial score (nSPS) is 17.3. The number of aromatic nitrogens is 3. The lowest BCUT2D eigenvalue weighted by molar-refractivity contribution is 0.102. The number of rotatable bonds is 3. The van der Waals surface area contributed by atoms with Crippen LogP contribution in [0.5, 0.6) is 0 Å². The largest absolute Gasteiger partial charge is 0.370 e. The average Bonchev–Trinajstić information content (AvgIpc) is 3.24. The number of nitrogens with zero attached hydrogens (tertiary/aromatic N) is 2. The van der Waals surface area contributed by atoms with Crippen LogP contribution in [0.1, 0.15) is 35.1 Å². The monoisotopic (exact) mass is 342 g/mol. The van der Waals surface area contributed by atoms with E-state index in [-0.39, 0.29) is 12.0 Å². The zero-order chi connectivity index (χ0) is 16.5. The highest BCUT2D eigenvalue weighted by Crippen LogP contribution is 2.28. The zero-order valence-electron chi connectivity index (χ0n) is 12.8. The van der Waals surface area contributed by atoms with Gasteiger partial charge in [-0.25, -0.2) is 4.98 Å². The highest BCUT2D eigenvalue weighted by molar-refractivity contribution is 6.34. The van der Waals surface area contributed by atoms with E-state index in [1.807, 2.05) is 18.2 Å². The van der Waals surface area contributed by atoms with Gasteiger partial charge >= 0.3 is 0 Å². The van der Waals surface area contributed by atoms with Crippen molar-refractivity contribution in [2.45, 2.75) is 18.9 Å². The van der Waals surface area contributed by atoms with Gasteiger partial charge in [0, 0.05) is 24.7 Å². The number of anilines is 1. The molecule has 1 atom stereocenters. The number of H-pyrrole nitrogens is 1. The summed E-state index contributed by atoms with van der Waals surface area (Å²) < 4.78 is 5.65. The molecule has 1 aliphatic rings. The van der Waals surface area contributed by atoms with Gasteiger partial charge in [-0.3, -0.25) is 9.78 Å². The van der Waals surface area contributed by atoms with Crippen LogP contribution in [0.2, 0.25) is 5.02 Å². The lowest BCUT2D eigenvalue weighted by Gasteiger charge is -2.06. The van der Waals surface area contributed by atoms with Crippen molar-refractivity contribution in [3.63, 3.8) is 0 Å². The lowest BCUT2D eigenvalue weighted by atomic mass is 10.2. The van der Waals surface area contributed by atoms with Crippen molar-refractivity contribution >= 4 is 34.2 Å². The van der Waals surface area contributed by atoms with Gasteiger partial charge in [-0.1, -0.05) is 11.6 Å². The number of amides is 1. The smallest absolute Gasteiger partial charge is 0.257 e. The second-order valence-corrected chi connectivity index (χ2v) is 6.07. The van der Waals surface area contributed by atoms with Crippen LogP contribution in [0.25, 0.3) is 11.0 Å².